The van der Waals surface area contributed by atoms with Gasteiger partial charge in [0.05, 0.1) is 0 Å². The van der Waals surface area contributed by atoms with Gasteiger partial charge in [0, 0.05) is 12.8 Å². The SMILES string of the molecule is C=C(CC)CSc1nnc(N)n1C. The Bertz CT molecular complexity index is 305. The Kier molecular flexibility index (Phi) is 3.36. The molecule has 0 fully saturated rings. The molecule has 72 valence electrons. The second-order valence-corrected chi connectivity index (χ2v) is 3.73. The molecule has 1 rings (SSSR count). The van der Waals surface area contributed by atoms with Gasteiger partial charge in [0.25, 0.3) is 0 Å². The highest BCUT2D eigenvalue weighted by molar-refractivity contribution is 7.99. The highest BCUT2D eigenvalue weighted by atomic mass is 32.2. The zero-order valence-electron chi connectivity index (χ0n) is 7.95. The topological polar surface area (TPSA) is 56.7 Å². The summed E-state index contributed by atoms with van der Waals surface area (Å²) in [5.41, 5.74) is 6.73. The van der Waals surface area contributed by atoms with Crippen LogP contribution in [0.3, 0.4) is 0 Å². The molecule has 0 radical (unpaired) electrons. The van der Waals surface area contributed by atoms with Gasteiger partial charge in [0.2, 0.25) is 5.95 Å². The van der Waals surface area contributed by atoms with E-state index in [4.69, 9.17) is 5.73 Å². The second-order valence-electron chi connectivity index (χ2n) is 2.79. The zero-order valence-corrected chi connectivity index (χ0v) is 8.77. The molecular weight excluding hydrogens is 184 g/mol. The Morgan fingerprint density at radius 2 is 2.31 bits per heavy atom. The molecule has 0 amide bonds. The number of nitrogen functional groups attached to an aromatic ring is 1. The van der Waals surface area contributed by atoms with Crippen molar-refractivity contribution in [1.29, 1.82) is 0 Å². The number of nitrogens with zero attached hydrogens (tertiary/aromatic N) is 3. The summed E-state index contributed by atoms with van der Waals surface area (Å²) in [4.78, 5) is 0. The molecule has 1 heterocycles. The number of anilines is 1. The van der Waals surface area contributed by atoms with Gasteiger partial charge in [0.1, 0.15) is 0 Å². The fraction of sp³-hybridized carbons (Fsp3) is 0.500. The molecule has 1 aromatic heterocycles. The van der Waals surface area contributed by atoms with E-state index in [9.17, 15) is 0 Å². The van der Waals surface area contributed by atoms with Crippen LogP contribution in [0.15, 0.2) is 17.3 Å². The Balaban J connectivity index is 2.55. The van der Waals surface area contributed by atoms with Crippen LogP contribution in [0.4, 0.5) is 5.95 Å². The van der Waals surface area contributed by atoms with Crippen molar-refractivity contribution in [3.05, 3.63) is 12.2 Å². The Hall–Kier alpha value is -0.970. The number of hydrogen-bond acceptors (Lipinski definition) is 4. The fourth-order valence-corrected chi connectivity index (χ4v) is 1.64. The maximum absolute atomic E-state index is 5.53. The van der Waals surface area contributed by atoms with E-state index in [1.165, 1.54) is 5.57 Å². The van der Waals surface area contributed by atoms with E-state index in [1.54, 1.807) is 16.3 Å². The Labute approximate surface area is 82.2 Å². The maximum Gasteiger partial charge on any atom is 0.222 e. The lowest BCUT2D eigenvalue weighted by molar-refractivity contribution is 0.796. The molecule has 5 heteroatoms. The minimum atomic E-state index is 0.449. The van der Waals surface area contributed by atoms with Crippen LogP contribution in [0, 0.1) is 0 Å². The smallest absolute Gasteiger partial charge is 0.222 e. The summed E-state index contributed by atoms with van der Waals surface area (Å²) in [5, 5.41) is 8.53. The molecule has 2 N–H and O–H groups in total. The standard InChI is InChI=1S/C8H14N4S/c1-4-6(2)5-13-8-11-10-7(9)12(8)3/h2,4-5H2,1,3H3,(H2,9,10). The van der Waals surface area contributed by atoms with Gasteiger partial charge in [-0.05, 0) is 6.42 Å². The summed E-state index contributed by atoms with van der Waals surface area (Å²) in [5.74, 6) is 1.33. The van der Waals surface area contributed by atoms with Crippen molar-refractivity contribution in [3.8, 4) is 0 Å². The van der Waals surface area contributed by atoms with Crippen LogP contribution >= 0.6 is 11.8 Å². The lowest BCUT2D eigenvalue weighted by Gasteiger charge is -2.01. The molecule has 13 heavy (non-hydrogen) atoms. The molecular formula is C8H14N4S. The lowest BCUT2D eigenvalue weighted by Crippen LogP contribution is -1.98. The van der Waals surface area contributed by atoms with Gasteiger partial charge < -0.3 is 5.73 Å². The lowest BCUT2D eigenvalue weighted by atomic mass is 10.3. The van der Waals surface area contributed by atoms with E-state index >= 15 is 0 Å². The third kappa shape index (κ3) is 2.48. The molecule has 0 saturated heterocycles. The second kappa shape index (κ2) is 4.32. The maximum atomic E-state index is 5.53. The minimum Gasteiger partial charge on any atom is -0.368 e. The molecule has 0 aromatic carbocycles. The Morgan fingerprint density at radius 1 is 1.62 bits per heavy atom. The summed E-state index contributed by atoms with van der Waals surface area (Å²) >= 11 is 1.61. The molecule has 0 aliphatic rings. The number of hydrogen-bond donors (Lipinski definition) is 1. The van der Waals surface area contributed by atoms with Crippen molar-refractivity contribution in [1.82, 2.24) is 14.8 Å². The first-order chi connectivity index (χ1) is 6.15. The largest absolute Gasteiger partial charge is 0.368 e. The minimum absolute atomic E-state index is 0.449. The average molecular weight is 198 g/mol. The molecule has 0 atom stereocenters. The average Bonchev–Trinajstić information content (AvgIpc) is 2.44. The first-order valence-electron chi connectivity index (χ1n) is 4.09. The normalized spacial score (nSPS) is 10.3. The Morgan fingerprint density at radius 3 is 2.77 bits per heavy atom. The summed E-state index contributed by atoms with van der Waals surface area (Å²) < 4.78 is 1.77. The molecule has 4 nitrogen and oxygen atoms in total. The van der Waals surface area contributed by atoms with E-state index in [1.807, 2.05) is 7.05 Å². The van der Waals surface area contributed by atoms with Crippen LogP contribution in [-0.4, -0.2) is 20.5 Å². The van der Waals surface area contributed by atoms with E-state index in [2.05, 4.69) is 23.7 Å². The molecule has 0 spiro atoms. The first-order valence-corrected chi connectivity index (χ1v) is 5.08. The van der Waals surface area contributed by atoms with Gasteiger partial charge in [-0.3, -0.25) is 4.57 Å². The summed E-state index contributed by atoms with van der Waals surface area (Å²) in [6.07, 6.45) is 1.00. The van der Waals surface area contributed by atoms with E-state index < -0.39 is 0 Å². The molecule has 0 saturated carbocycles. The van der Waals surface area contributed by atoms with Crippen LogP contribution in [0.1, 0.15) is 13.3 Å². The number of thioether (sulfide) groups is 1. The molecule has 0 aliphatic carbocycles. The summed E-state index contributed by atoms with van der Waals surface area (Å²) in [7, 11) is 1.85. The van der Waals surface area contributed by atoms with Crippen LogP contribution < -0.4 is 5.73 Å². The quantitative estimate of drug-likeness (QED) is 0.587. The van der Waals surface area contributed by atoms with E-state index in [0.29, 0.717) is 5.95 Å². The van der Waals surface area contributed by atoms with Crippen molar-refractivity contribution in [3.63, 3.8) is 0 Å². The van der Waals surface area contributed by atoms with Crippen LogP contribution in [0.25, 0.3) is 0 Å². The molecule has 1 aromatic rings. The predicted molar refractivity (Wildman–Crippen MR) is 55.6 cm³/mol. The highest BCUT2D eigenvalue weighted by Gasteiger charge is 2.05. The highest BCUT2D eigenvalue weighted by Crippen LogP contribution is 2.19. The van der Waals surface area contributed by atoms with Crippen LogP contribution in [0.5, 0.6) is 0 Å². The third-order valence-electron chi connectivity index (χ3n) is 1.77. The molecule has 0 bridgehead atoms. The van der Waals surface area contributed by atoms with Crippen LogP contribution in [0.2, 0.25) is 0 Å². The van der Waals surface area contributed by atoms with Gasteiger partial charge in [-0.15, -0.1) is 10.2 Å². The van der Waals surface area contributed by atoms with E-state index in [-0.39, 0.29) is 0 Å². The third-order valence-corrected chi connectivity index (χ3v) is 2.94. The predicted octanol–water partition coefficient (Wildman–Crippen LogP) is 1.46. The van der Waals surface area contributed by atoms with Gasteiger partial charge in [-0.2, -0.15) is 0 Å². The first kappa shape index (κ1) is 10.1. The number of nitrogens with two attached hydrogens (primary N) is 1. The van der Waals surface area contributed by atoms with Gasteiger partial charge in [0.15, 0.2) is 5.16 Å². The molecule has 0 unspecified atom stereocenters. The zero-order chi connectivity index (χ0) is 9.84. The fourth-order valence-electron chi connectivity index (χ4n) is 0.721. The van der Waals surface area contributed by atoms with Gasteiger partial charge in [-0.1, -0.05) is 30.8 Å². The van der Waals surface area contributed by atoms with Crippen molar-refractivity contribution < 1.29 is 0 Å². The number of rotatable bonds is 4. The van der Waals surface area contributed by atoms with Crippen molar-refractivity contribution in [2.24, 2.45) is 7.05 Å². The number of aromatic nitrogens is 3. The van der Waals surface area contributed by atoms with Crippen LogP contribution in [-0.2, 0) is 7.05 Å². The van der Waals surface area contributed by atoms with Gasteiger partial charge >= 0.3 is 0 Å². The molecule has 0 aliphatic heterocycles. The monoisotopic (exact) mass is 198 g/mol. The van der Waals surface area contributed by atoms with E-state index in [0.717, 1.165) is 17.3 Å². The van der Waals surface area contributed by atoms with Gasteiger partial charge in [-0.25, -0.2) is 0 Å². The van der Waals surface area contributed by atoms with Crippen molar-refractivity contribution in [2.45, 2.75) is 18.5 Å². The summed E-state index contributed by atoms with van der Waals surface area (Å²) in [6, 6.07) is 0. The van der Waals surface area contributed by atoms with Crippen molar-refractivity contribution in [2.75, 3.05) is 11.5 Å². The summed E-state index contributed by atoms with van der Waals surface area (Å²) in [6.45, 7) is 6.01. The van der Waals surface area contributed by atoms with Crippen molar-refractivity contribution >= 4 is 17.7 Å².